The van der Waals surface area contributed by atoms with Gasteiger partial charge in [0.15, 0.2) is 11.5 Å². The fourth-order valence-corrected chi connectivity index (χ4v) is 4.80. The van der Waals surface area contributed by atoms with Gasteiger partial charge in [-0.3, -0.25) is 9.71 Å². The number of hydrogen-bond acceptors (Lipinski definition) is 8. The van der Waals surface area contributed by atoms with Gasteiger partial charge < -0.3 is 9.47 Å². The van der Waals surface area contributed by atoms with Gasteiger partial charge in [-0.2, -0.15) is 9.61 Å². The number of nitrogens with one attached hydrogen (secondary N) is 1. The highest BCUT2D eigenvalue weighted by molar-refractivity contribution is 7.92. The van der Waals surface area contributed by atoms with Crippen LogP contribution in [0, 0.1) is 0 Å². The first-order chi connectivity index (χ1) is 17.0. The van der Waals surface area contributed by atoms with Crippen molar-refractivity contribution in [2.75, 3.05) is 18.9 Å². The third-order valence-electron chi connectivity index (χ3n) is 5.27. The van der Waals surface area contributed by atoms with E-state index in [-0.39, 0.29) is 10.6 Å². The molecule has 2 aromatic carbocycles. The molecule has 11 heteroatoms. The Morgan fingerprint density at radius 2 is 1.69 bits per heavy atom. The molecule has 176 valence electrons. The molecule has 0 saturated heterocycles. The highest BCUT2D eigenvalue weighted by Gasteiger charge is 2.21. The van der Waals surface area contributed by atoms with Crippen molar-refractivity contribution >= 4 is 21.4 Å². The Morgan fingerprint density at radius 3 is 2.46 bits per heavy atom. The van der Waals surface area contributed by atoms with E-state index in [4.69, 9.17) is 9.47 Å². The van der Waals surface area contributed by atoms with Gasteiger partial charge in [-0.1, -0.05) is 12.1 Å². The molecule has 0 fully saturated rings. The topological polar surface area (TPSA) is 121 Å². The lowest BCUT2D eigenvalue weighted by Crippen LogP contribution is -2.14. The standard InChI is InChI=1S/C24H20N6O4S/c1-33-19-6-8-21(34-2)22(15-19)35(31,32)29-18-5-3-4-17(14-18)20-7-9-23-26-27-24(30(23)28-20)16-10-12-25-13-11-16/h3-15,29H,1-2H3. The van der Waals surface area contributed by atoms with Crippen LogP contribution in [-0.4, -0.2) is 47.4 Å². The van der Waals surface area contributed by atoms with E-state index in [1.165, 1.54) is 20.3 Å². The Balaban J connectivity index is 1.50. The first kappa shape index (κ1) is 22.3. The molecule has 0 aliphatic heterocycles. The Hall–Kier alpha value is -4.51. The van der Waals surface area contributed by atoms with Gasteiger partial charge >= 0.3 is 0 Å². The van der Waals surface area contributed by atoms with Crippen molar-refractivity contribution in [1.82, 2.24) is 24.8 Å². The molecule has 0 amide bonds. The molecule has 0 radical (unpaired) electrons. The second kappa shape index (κ2) is 9.03. The molecule has 35 heavy (non-hydrogen) atoms. The zero-order valence-electron chi connectivity index (χ0n) is 18.8. The van der Waals surface area contributed by atoms with E-state index in [0.717, 1.165) is 5.56 Å². The van der Waals surface area contributed by atoms with Crippen molar-refractivity contribution in [3.63, 3.8) is 0 Å². The molecule has 0 unspecified atom stereocenters. The molecule has 5 rings (SSSR count). The minimum atomic E-state index is -3.96. The molecule has 0 aliphatic rings. The van der Waals surface area contributed by atoms with Crippen molar-refractivity contribution in [2.45, 2.75) is 4.90 Å². The van der Waals surface area contributed by atoms with Crippen LogP contribution in [0.3, 0.4) is 0 Å². The quantitative estimate of drug-likeness (QED) is 0.368. The van der Waals surface area contributed by atoms with Gasteiger partial charge in [-0.05, 0) is 48.5 Å². The Labute approximate surface area is 201 Å². The Kier molecular flexibility index (Phi) is 5.75. The fourth-order valence-electron chi connectivity index (χ4n) is 3.57. The zero-order valence-corrected chi connectivity index (χ0v) is 19.6. The van der Waals surface area contributed by atoms with Gasteiger partial charge in [0.25, 0.3) is 10.0 Å². The summed E-state index contributed by atoms with van der Waals surface area (Å²) in [6.45, 7) is 0. The van der Waals surface area contributed by atoms with Crippen LogP contribution >= 0.6 is 0 Å². The summed E-state index contributed by atoms with van der Waals surface area (Å²) in [6.07, 6.45) is 3.35. The number of hydrogen-bond donors (Lipinski definition) is 1. The largest absolute Gasteiger partial charge is 0.497 e. The highest BCUT2D eigenvalue weighted by atomic mass is 32.2. The van der Waals surface area contributed by atoms with E-state index < -0.39 is 10.0 Å². The molecular weight excluding hydrogens is 468 g/mol. The maximum Gasteiger partial charge on any atom is 0.265 e. The second-order valence-corrected chi connectivity index (χ2v) is 9.10. The van der Waals surface area contributed by atoms with Crippen LogP contribution in [-0.2, 0) is 10.0 Å². The Bertz CT molecular complexity index is 1620. The number of anilines is 1. The number of ether oxygens (including phenoxy) is 2. The number of rotatable bonds is 7. The summed E-state index contributed by atoms with van der Waals surface area (Å²) < 4.78 is 41.0. The van der Waals surface area contributed by atoms with Gasteiger partial charge in [0.1, 0.15) is 16.4 Å². The van der Waals surface area contributed by atoms with Crippen molar-refractivity contribution in [2.24, 2.45) is 0 Å². The lowest BCUT2D eigenvalue weighted by molar-refractivity contribution is 0.392. The molecule has 5 aromatic rings. The summed E-state index contributed by atoms with van der Waals surface area (Å²) >= 11 is 0. The monoisotopic (exact) mass is 488 g/mol. The summed E-state index contributed by atoms with van der Waals surface area (Å²) in [5.41, 5.74) is 3.10. The number of benzene rings is 2. The minimum absolute atomic E-state index is 0.0317. The third-order valence-corrected chi connectivity index (χ3v) is 6.67. The first-order valence-corrected chi connectivity index (χ1v) is 11.9. The molecule has 0 atom stereocenters. The summed E-state index contributed by atoms with van der Waals surface area (Å²) in [7, 11) is -1.08. The second-order valence-electron chi connectivity index (χ2n) is 7.45. The van der Waals surface area contributed by atoms with Crippen LogP contribution in [0.2, 0.25) is 0 Å². The highest BCUT2D eigenvalue weighted by Crippen LogP contribution is 2.31. The van der Waals surface area contributed by atoms with Crippen molar-refractivity contribution in [3.05, 3.63) is 79.1 Å². The maximum absolute atomic E-state index is 13.2. The average Bonchev–Trinajstić information content (AvgIpc) is 3.32. The summed E-state index contributed by atoms with van der Waals surface area (Å²) in [6, 6.07) is 18.8. The van der Waals surface area contributed by atoms with Gasteiger partial charge in [0.05, 0.1) is 19.9 Å². The van der Waals surface area contributed by atoms with E-state index in [0.29, 0.717) is 34.2 Å². The van der Waals surface area contributed by atoms with Crippen LogP contribution in [0.5, 0.6) is 11.5 Å². The van der Waals surface area contributed by atoms with E-state index >= 15 is 0 Å². The number of methoxy groups -OCH3 is 2. The van der Waals surface area contributed by atoms with Gasteiger partial charge in [-0.25, -0.2) is 8.42 Å². The molecule has 10 nitrogen and oxygen atoms in total. The van der Waals surface area contributed by atoms with Crippen molar-refractivity contribution in [3.8, 4) is 34.1 Å². The van der Waals surface area contributed by atoms with Crippen molar-refractivity contribution in [1.29, 1.82) is 0 Å². The van der Waals surface area contributed by atoms with Crippen LogP contribution in [0.15, 0.2) is 84.0 Å². The predicted molar refractivity (Wildman–Crippen MR) is 130 cm³/mol. The van der Waals surface area contributed by atoms with Crippen LogP contribution in [0.4, 0.5) is 5.69 Å². The molecule has 0 saturated carbocycles. The van der Waals surface area contributed by atoms with E-state index in [9.17, 15) is 8.42 Å². The number of nitrogens with zero attached hydrogens (tertiary/aromatic N) is 5. The smallest absolute Gasteiger partial charge is 0.265 e. The SMILES string of the molecule is COc1ccc(OC)c(S(=O)(=O)Nc2cccc(-c3ccc4nnc(-c5ccncc5)n4n3)c2)c1. The summed E-state index contributed by atoms with van der Waals surface area (Å²) in [5, 5.41) is 13.1. The normalized spacial score (nSPS) is 11.4. The first-order valence-electron chi connectivity index (χ1n) is 10.5. The molecule has 3 heterocycles. The number of pyridine rings is 1. The summed E-state index contributed by atoms with van der Waals surface area (Å²) in [4.78, 5) is 4.00. The lowest BCUT2D eigenvalue weighted by atomic mass is 10.1. The molecule has 1 N–H and O–H groups in total. The minimum Gasteiger partial charge on any atom is -0.497 e. The number of fused-ring (bicyclic) bond motifs is 1. The molecule has 0 aliphatic carbocycles. The van der Waals surface area contributed by atoms with Crippen LogP contribution in [0.25, 0.3) is 28.3 Å². The average molecular weight is 489 g/mol. The molecule has 3 aromatic heterocycles. The lowest BCUT2D eigenvalue weighted by Gasteiger charge is -2.13. The maximum atomic E-state index is 13.2. The predicted octanol–water partition coefficient (Wildman–Crippen LogP) is 3.67. The van der Waals surface area contributed by atoms with Crippen LogP contribution < -0.4 is 14.2 Å². The third kappa shape index (κ3) is 4.36. The van der Waals surface area contributed by atoms with Gasteiger partial charge in [0.2, 0.25) is 0 Å². The Morgan fingerprint density at radius 1 is 0.857 bits per heavy atom. The van der Waals surface area contributed by atoms with Crippen LogP contribution in [0.1, 0.15) is 0 Å². The van der Waals surface area contributed by atoms with Gasteiger partial charge in [-0.15, -0.1) is 10.2 Å². The zero-order chi connectivity index (χ0) is 24.4. The number of sulfonamides is 1. The van der Waals surface area contributed by atoms with E-state index in [1.54, 1.807) is 59.4 Å². The number of aromatic nitrogens is 5. The van der Waals surface area contributed by atoms with Gasteiger partial charge in [0, 0.05) is 35.3 Å². The van der Waals surface area contributed by atoms with E-state index in [2.05, 4.69) is 25.0 Å². The molecular formula is C24H20N6O4S. The molecule has 0 bridgehead atoms. The molecule has 0 spiro atoms. The fraction of sp³-hybridized carbons (Fsp3) is 0.0833. The van der Waals surface area contributed by atoms with E-state index in [1.807, 2.05) is 18.2 Å². The summed E-state index contributed by atoms with van der Waals surface area (Å²) in [5.74, 6) is 1.18. The van der Waals surface area contributed by atoms with Crippen molar-refractivity contribution < 1.29 is 17.9 Å².